The van der Waals surface area contributed by atoms with E-state index in [4.69, 9.17) is 4.98 Å². The number of likely N-dealkylation sites (tertiary alicyclic amines) is 1. The zero-order chi connectivity index (χ0) is 25.6. The van der Waals surface area contributed by atoms with Gasteiger partial charge >= 0.3 is 0 Å². The standard InChI is InChI=1S/C33H48N4O/c1-23(38)13-15-35-16-14-26(22-35)33-34-31-11-4-5-12-32(31)37(33)30-20-27-9-6-10-28(21-30)36(27)29-18-24-7-2-3-8-25(17-24)19-29/h4-5,11-12,24-30H,2-3,6-10,13-22H2,1H3/t24-,25+,26-,27-,28+,29?,30?/m0/s1. The maximum absolute atomic E-state index is 11.6. The third-order valence-electron chi connectivity index (χ3n) is 11.2. The number of ketones is 1. The molecule has 0 spiro atoms. The van der Waals surface area contributed by atoms with Gasteiger partial charge in [-0.3, -0.25) is 9.69 Å². The lowest BCUT2D eigenvalue weighted by atomic mass is 9.73. The number of nitrogens with zero attached hydrogens (tertiary/aromatic N) is 4. The van der Waals surface area contributed by atoms with Gasteiger partial charge in [-0.05, 0) is 88.8 Å². The average Bonchev–Trinajstić information content (AvgIpc) is 3.49. The minimum absolute atomic E-state index is 0.302. The number of benzene rings is 1. The van der Waals surface area contributed by atoms with Gasteiger partial charge < -0.3 is 9.47 Å². The van der Waals surface area contributed by atoms with Crippen molar-refractivity contribution in [3.63, 3.8) is 0 Å². The topological polar surface area (TPSA) is 41.4 Å². The van der Waals surface area contributed by atoms with Crippen LogP contribution < -0.4 is 0 Å². The predicted octanol–water partition coefficient (Wildman–Crippen LogP) is 6.72. The molecule has 2 unspecified atom stereocenters. The van der Waals surface area contributed by atoms with Crippen LogP contribution in [0, 0.1) is 11.8 Å². The number of para-hydroxylation sites is 2. The Labute approximate surface area is 229 Å². The van der Waals surface area contributed by atoms with Gasteiger partial charge in [0.25, 0.3) is 0 Å². The van der Waals surface area contributed by atoms with E-state index in [1.807, 2.05) is 0 Å². The molecule has 5 nitrogen and oxygen atoms in total. The third kappa shape index (κ3) is 4.87. The molecule has 38 heavy (non-hydrogen) atoms. The third-order valence-corrected chi connectivity index (χ3v) is 11.2. The Hall–Kier alpha value is -1.72. The largest absolute Gasteiger partial charge is 0.324 e. The summed E-state index contributed by atoms with van der Waals surface area (Å²) in [6, 6.07) is 11.8. The van der Waals surface area contributed by atoms with Crippen molar-refractivity contribution in [3.05, 3.63) is 30.1 Å². The van der Waals surface area contributed by atoms with Gasteiger partial charge in [0.15, 0.2) is 0 Å². The molecule has 206 valence electrons. The minimum atomic E-state index is 0.302. The van der Waals surface area contributed by atoms with Crippen molar-refractivity contribution in [1.82, 2.24) is 19.4 Å². The summed E-state index contributed by atoms with van der Waals surface area (Å²) in [5.41, 5.74) is 2.53. The molecule has 4 bridgehead atoms. The van der Waals surface area contributed by atoms with Gasteiger partial charge in [0.1, 0.15) is 11.6 Å². The van der Waals surface area contributed by atoms with E-state index in [-0.39, 0.29) is 0 Å². The van der Waals surface area contributed by atoms with E-state index in [1.165, 1.54) is 93.9 Å². The van der Waals surface area contributed by atoms with Crippen LogP contribution in [0.4, 0.5) is 0 Å². The van der Waals surface area contributed by atoms with E-state index < -0.39 is 0 Å². The van der Waals surface area contributed by atoms with Gasteiger partial charge in [-0.15, -0.1) is 0 Å². The van der Waals surface area contributed by atoms with Gasteiger partial charge in [0.2, 0.25) is 0 Å². The highest BCUT2D eigenvalue weighted by Crippen LogP contribution is 2.48. The average molecular weight is 517 g/mol. The number of hydrogen-bond donors (Lipinski definition) is 0. The number of fused-ring (bicyclic) bond motifs is 5. The highest BCUT2D eigenvalue weighted by Gasteiger charge is 2.45. The Kier molecular flexibility index (Phi) is 7.11. The Morgan fingerprint density at radius 1 is 0.842 bits per heavy atom. The first kappa shape index (κ1) is 25.3. The smallest absolute Gasteiger partial charge is 0.131 e. The number of piperidine rings is 2. The summed E-state index contributed by atoms with van der Waals surface area (Å²) in [6.07, 6.45) is 19.1. The van der Waals surface area contributed by atoms with Gasteiger partial charge in [-0.1, -0.05) is 44.2 Å². The summed E-state index contributed by atoms with van der Waals surface area (Å²) in [7, 11) is 0. The zero-order valence-corrected chi connectivity index (χ0v) is 23.6. The Morgan fingerprint density at radius 3 is 2.32 bits per heavy atom. The van der Waals surface area contributed by atoms with Crippen molar-refractivity contribution in [2.75, 3.05) is 19.6 Å². The van der Waals surface area contributed by atoms with Crippen molar-refractivity contribution in [2.45, 2.75) is 127 Å². The number of carbonyl (C=O) groups excluding carboxylic acids is 1. The van der Waals surface area contributed by atoms with E-state index >= 15 is 0 Å². The normalized spacial score (nSPS) is 36.4. The molecule has 5 heteroatoms. The number of Topliss-reactive ketones (excluding diaryl/α,β-unsaturated/α-hetero) is 1. The second-order valence-corrected chi connectivity index (χ2v) is 13.8. The Bertz CT molecular complexity index is 1110. The summed E-state index contributed by atoms with van der Waals surface area (Å²) in [4.78, 5) is 22.5. The SMILES string of the molecule is CC(=O)CCN1CC[C@H](c2nc3ccccc3n2C2C[C@H]3CCC[C@@H](C2)N3C2C[C@H]3CCCC[C@@H](C2)C3)C1. The second kappa shape index (κ2) is 10.7. The first-order chi connectivity index (χ1) is 18.6. The molecule has 0 radical (unpaired) electrons. The van der Waals surface area contributed by atoms with E-state index in [2.05, 4.69) is 38.6 Å². The van der Waals surface area contributed by atoms with Crippen LogP contribution in [0.25, 0.3) is 11.0 Å². The molecule has 5 aliphatic rings. The molecule has 0 amide bonds. The van der Waals surface area contributed by atoms with Crippen molar-refractivity contribution < 1.29 is 4.79 Å². The maximum atomic E-state index is 11.6. The van der Waals surface area contributed by atoms with Crippen LogP contribution in [0.5, 0.6) is 0 Å². The van der Waals surface area contributed by atoms with Crippen LogP contribution in [-0.2, 0) is 4.79 Å². The molecule has 7 atom stereocenters. The molecule has 1 aromatic heterocycles. The summed E-state index contributed by atoms with van der Waals surface area (Å²) >= 11 is 0. The lowest BCUT2D eigenvalue weighted by molar-refractivity contribution is -0.117. The molecule has 2 saturated carbocycles. The van der Waals surface area contributed by atoms with Crippen molar-refractivity contribution in [2.24, 2.45) is 11.8 Å². The first-order valence-corrected chi connectivity index (χ1v) is 16.1. The monoisotopic (exact) mass is 516 g/mol. The number of rotatable bonds is 6. The molecular formula is C33H48N4O. The fraction of sp³-hybridized carbons (Fsp3) is 0.758. The highest BCUT2D eigenvalue weighted by atomic mass is 16.1. The number of hydrogen-bond acceptors (Lipinski definition) is 4. The van der Waals surface area contributed by atoms with Gasteiger partial charge in [-0.25, -0.2) is 4.98 Å². The van der Waals surface area contributed by atoms with E-state index in [0.717, 1.165) is 56.0 Å². The minimum Gasteiger partial charge on any atom is -0.324 e. The van der Waals surface area contributed by atoms with Crippen LogP contribution in [0.15, 0.2) is 24.3 Å². The summed E-state index contributed by atoms with van der Waals surface area (Å²) < 4.78 is 2.72. The van der Waals surface area contributed by atoms with Crippen molar-refractivity contribution in [3.8, 4) is 0 Å². The van der Waals surface area contributed by atoms with Crippen LogP contribution in [0.2, 0.25) is 0 Å². The molecule has 5 fully saturated rings. The summed E-state index contributed by atoms with van der Waals surface area (Å²) in [6.45, 7) is 4.76. The van der Waals surface area contributed by atoms with E-state index in [9.17, 15) is 4.79 Å². The fourth-order valence-corrected chi connectivity index (χ4v) is 9.60. The Balaban J connectivity index is 1.14. The number of aromatic nitrogens is 2. The zero-order valence-electron chi connectivity index (χ0n) is 23.6. The van der Waals surface area contributed by atoms with Crippen molar-refractivity contribution >= 4 is 16.8 Å². The van der Waals surface area contributed by atoms with Gasteiger partial charge in [0, 0.05) is 49.6 Å². The van der Waals surface area contributed by atoms with Gasteiger partial charge in [0.05, 0.1) is 11.0 Å². The summed E-state index contributed by atoms with van der Waals surface area (Å²) in [5.74, 6) is 4.11. The van der Waals surface area contributed by atoms with Crippen molar-refractivity contribution in [1.29, 1.82) is 0 Å². The molecule has 3 saturated heterocycles. The predicted molar refractivity (Wildman–Crippen MR) is 153 cm³/mol. The van der Waals surface area contributed by atoms with Crippen LogP contribution in [0.3, 0.4) is 0 Å². The number of carbonyl (C=O) groups is 1. The first-order valence-electron chi connectivity index (χ1n) is 16.1. The quantitative estimate of drug-likeness (QED) is 0.427. The maximum Gasteiger partial charge on any atom is 0.131 e. The number of imidazole rings is 1. The Morgan fingerprint density at radius 2 is 1.58 bits per heavy atom. The molecular weight excluding hydrogens is 468 g/mol. The lowest BCUT2D eigenvalue weighted by Gasteiger charge is -2.54. The van der Waals surface area contributed by atoms with Crippen LogP contribution >= 0.6 is 0 Å². The molecule has 0 N–H and O–H groups in total. The second-order valence-electron chi connectivity index (χ2n) is 13.8. The lowest BCUT2D eigenvalue weighted by Crippen LogP contribution is -2.58. The molecule has 7 rings (SSSR count). The molecule has 2 aliphatic carbocycles. The molecule has 3 aliphatic heterocycles. The molecule has 1 aromatic carbocycles. The van der Waals surface area contributed by atoms with Crippen LogP contribution in [0.1, 0.15) is 115 Å². The van der Waals surface area contributed by atoms with Gasteiger partial charge in [-0.2, -0.15) is 0 Å². The molecule has 2 aromatic rings. The van der Waals surface area contributed by atoms with E-state index in [0.29, 0.717) is 24.2 Å². The summed E-state index contributed by atoms with van der Waals surface area (Å²) in [5, 5.41) is 0. The van der Waals surface area contributed by atoms with E-state index in [1.54, 1.807) is 6.92 Å². The molecule has 4 heterocycles. The fourth-order valence-electron chi connectivity index (χ4n) is 9.60. The van der Waals surface area contributed by atoms with Crippen LogP contribution in [-0.4, -0.2) is 62.9 Å². The highest BCUT2D eigenvalue weighted by molar-refractivity contribution is 5.76.